The van der Waals surface area contributed by atoms with E-state index in [4.69, 9.17) is 0 Å². The molecule has 2 heteroatoms. The maximum Gasteiger partial charge on any atom is 0.150 e. The second-order valence-corrected chi connectivity index (χ2v) is 2.71. The first-order valence-electron chi connectivity index (χ1n) is 4.25. The van der Waals surface area contributed by atoms with Crippen LogP contribution < -0.4 is 0 Å². The largest absolute Gasteiger partial charge is 0.298 e. The van der Waals surface area contributed by atoms with Crippen LogP contribution in [-0.4, -0.2) is 11.3 Å². The lowest BCUT2D eigenvalue weighted by atomic mass is 10.1. The maximum atomic E-state index is 10.5. The third kappa shape index (κ3) is 1.91. The van der Waals surface area contributed by atoms with Crippen molar-refractivity contribution in [3.63, 3.8) is 0 Å². The van der Waals surface area contributed by atoms with Crippen LogP contribution in [0.1, 0.15) is 35.6 Å². The van der Waals surface area contributed by atoms with Gasteiger partial charge in [0.15, 0.2) is 0 Å². The van der Waals surface area contributed by atoms with Gasteiger partial charge < -0.3 is 0 Å². The molecular formula is C10H13NO. The van der Waals surface area contributed by atoms with Crippen molar-refractivity contribution in [3.05, 3.63) is 29.1 Å². The third-order valence-corrected chi connectivity index (χ3v) is 1.81. The first-order valence-corrected chi connectivity index (χ1v) is 4.25. The van der Waals surface area contributed by atoms with Gasteiger partial charge in [-0.3, -0.25) is 9.78 Å². The predicted molar refractivity (Wildman–Crippen MR) is 48.4 cm³/mol. The molecule has 0 unspecified atom stereocenters. The number of hydrogen-bond donors (Lipinski definition) is 0. The molecule has 0 spiro atoms. The number of aryl methyl sites for hydroxylation is 2. The maximum absolute atomic E-state index is 10.5. The van der Waals surface area contributed by atoms with E-state index in [-0.39, 0.29) is 0 Å². The summed E-state index contributed by atoms with van der Waals surface area (Å²) in [7, 11) is 0. The van der Waals surface area contributed by atoms with E-state index >= 15 is 0 Å². The molecule has 0 saturated heterocycles. The lowest BCUT2D eigenvalue weighted by Crippen LogP contribution is -1.95. The zero-order valence-electron chi connectivity index (χ0n) is 7.50. The van der Waals surface area contributed by atoms with E-state index in [0.29, 0.717) is 0 Å². The Labute approximate surface area is 72.6 Å². The van der Waals surface area contributed by atoms with Gasteiger partial charge in [0.2, 0.25) is 0 Å². The van der Waals surface area contributed by atoms with Crippen LogP contribution >= 0.6 is 0 Å². The lowest BCUT2D eigenvalue weighted by molar-refractivity contribution is 0.112. The predicted octanol–water partition coefficient (Wildman–Crippen LogP) is 2.02. The molecule has 64 valence electrons. The fraction of sp³-hybridized carbons (Fsp3) is 0.400. The Morgan fingerprint density at radius 2 is 1.75 bits per heavy atom. The SMILES string of the molecule is CCc1cc(C=O)cc(CC)n1. The van der Waals surface area contributed by atoms with Gasteiger partial charge in [-0.2, -0.15) is 0 Å². The van der Waals surface area contributed by atoms with Crippen molar-refractivity contribution in [2.75, 3.05) is 0 Å². The monoisotopic (exact) mass is 163 g/mol. The molecule has 0 N–H and O–H groups in total. The van der Waals surface area contributed by atoms with Gasteiger partial charge in [-0.25, -0.2) is 0 Å². The second kappa shape index (κ2) is 4.00. The Balaban J connectivity index is 3.09. The second-order valence-electron chi connectivity index (χ2n) is 2.71. The summed E-state index contributed by atoms with van der Waals surface area (Å²) in [6, 6.07) is 3.68. The number of rotatable bonds is 3. The normalized spacial score (nSPS) is 9.83. The summed E-state index contributed by atoms with van der Waals surface area (Å²) >= 11 is 0. The Hall–Kier alpha value is -1.18. The first kappa shape index (κ1) is 8.91. The molecule has 0 aromatic carbocycles. The summed E-state index contributed by atoms with van der Waals surface area (Å²) in [5.41, 5.74) is 2.73. The van der Waals surface area contributed by atoms with Crippen molar-refractivity contribution in [2.24, 2.45) is 0 Å². The van der Waals surface area contributed by atoms with Crippen molar-refractivity contribution in [3.8, 4) is 0 Å². The smallest absolute Gasteiger partial charge is 0.150 e. The topological polar surface area (TPSA) is 30.0 Å². The van der Waals surface area contributed by atoms with Crippen molar-refractivity contribution in [1.82, 2.24) is 4.98 Å². The van der Waals surface area contributed by atoms with Crippen LogP contribution in [0.25, 0.3) is 0 Å². The zero-order chi connectivity index (χ0) is 8.97. The Morgan fingerprint density at radius 1 is 1.25 bits per heavy atom. The van der Waals surface area contributed by atoms with E-state index in [0.717, 1.165) is 36.1 Å². The van der Waals surface area contributed by atoms with E-state index in [2.05, 4.69) is 4.98 Å². The number of carbonyl (C=O) groups excluding carboxylic acids is 1. The number of aldehydes is 1. The number of carbonyl (C=O) groups is 1. The van der Waals surface area contributed by atoms with Crippen LogP contribution in [0.2, 0.25) is 0 Å². The van der Waals surface area contributed by atoms with Gasteiger partial charge in [-0.05, 0) is 25.0 Å². The summed E-state index contributed by atoms with van der Waals surface area (Å²) in [4.78, 5) is 14.9. The summed E-state index contributed by atoms with van der Waals surface area (Å²) in [6.45, 7) is 4.08. The van der Waals surface area contributed by atoms with Gasteiger partial charge in [0.25, 0.3) is 0 Å². The lowest BCUT2D eigenvalue weighted by Gasteiger charge is -2.01. The number of hydrogen-bond acceptors (Lipinski definition) is 2. The highest BCUT2D eigenvalue weighted by Crippen LogP contribution is 2.05. The van der Waals surface area contributed by atoms with Crippen LogP contribution in [0.4, 0.5) is 0 Å². The van der Waals surface area contributed by atoms with Gasteiger partial charge in [-0.15, -0.1) is 0 Å². The molecule has 0 radical (unpaired) electrons. The highest BCUT2D eigenvalue weighted by Gasteiger charge is 1.98. The first-order chi connectivity index (χ1) is 5.80. The fourth-order valence-corrected chi connectivity index (χ4v) is 1.11. The van der Waals surface area contributed by atoms with Crippen LogP contribution in [0.15, 0.2) is 12.1 Å². The summed E-state index contributed by atoms with van der Waals surface area (Å²) in [5, 5.41) is 0. The molecule has 0 aliphatic carbocycles. The average molecular weight is 163 g/mol. The van der Waals surface area contributed by atoms with Crippen molar-refractivity contribution in [2.45, 2.75) is 26.7 Å². The van der Waals surface area contributed by atoms with E-state index in [1.807, 2.05) is 26.0 Å². The summed E-state index contributed by atoms with van der Waals surface area (Å²) in [5.74, 6) is 0. The Morgan fingerprint density at radius 3 is 2.08 bits per heavy atom. The van der Waals surface area contributed by atoms with Gasteiger partial charge in [-0.1, -0.05) is 13.8 Å². The van der Waals surface area contributed by atoms with E-state index in [1.54, 1.807) is 0 Å². The molecule has 1 aromatic rings. The van der Waals surface area contributed by atoms with Crippen molar-refractivity contribution in [1.29, 1.82) is 0 Å². The van der Waals surface area contributed by atoms with E-state index in [9.17, 15) is 4.79 Å². The third-order valence-electron chi connectivity index (χ3n) is 1.81. The molecule has 2 nitrogen and oxygen atoms in total. The molecule has 1 aromatic heterocycles. The number of aromatic nitrogens is 1. The molecular weight excluding hydrogens is 150 g/mol. The van der Waals surface area contributed by atoms with E-state index in [1.165, 1.54) is 0 Å². The Kier molecular flexibility index (Phi) is 2.97. The van der Waals surface area contributed by atoms with Crippen LogP contribution in [0.3, 0.4) is 0 Å². The van der Waals surface area contributed by atoms with Crippen LogP contribution in [0, 0.1) is 0 Å². The van der Waals surface area contributed by atoms with Gasteiger partial charge in [0.05, 0.1) is 0 Å². The molecule has 0 atom stereocenters. The summed E-state index contributed by atoms with van der Waals surface area (Å²) < 4.78 is 0. The van der Waals surface area contributed by atoms with Gasteiger partial charge in [0, 0.05) is 17.0 Å². The quantitative estimate of drug-likeness (QED) is 0.638. The van der Waals surface area contributed by atoms with Gasteiger partial charge >= 0.3 is 0 Å². The highest BCUT2D eigenvalue weighted by atomic mass is 16.1. The average Bonchev–Trinajstić information content (AvgIpc) is 2.16. The molecule has 12 heavy (non-hydrogen) atoms. The Bertz CT molecular complexity index is 259. The number of pyridine rings is 1. The van der Waals surface area contributed by atoms with Crippen LogP contribution in [-0.2, 0) is 12.8 Å². The zero-order valence-corrected chi connectivity index (χ0v) is 7.50. The number of nitrogens with zero attached hydrogens (tertiary/aromatic N) is 1. The molecule has 0 aliphatic rings. The molecule has 0 saturated carbocycles. The highest BCUT2D eigenvalue weighted by molar-refractivity contribution is 5.74. The minimum absolute atomic E-state index is 0.735. The molecule has 1 heterocycles. The molecule has 0 aliphatic heterocycles. The molecule has 0 bridgehead atoms. The van der Waals surface area contributed by atoms with E-state index < -0.39 is 0 Å². The summed E-state index contributed by atoms with van der Waals surface area (Å²) in [6.07, 6.45) is 2.64. The minimum Gasteiger partial charge on any atom is -0.298 e. The fourth-order valence-electron chi connectivity index (χ4n) is 1.11. The molecule has 0 fully saturated rings. The minimum atomic E-state index is 0.735. The standard InChI is InChI=1S/C10H13NO/c1-3-9-5-8(7-12)6-10(4-2)11-9/h5-7H,3-4H2,1-2H3. The molecule has 1 rings (SSSR count). The van der Waals surface area contributed by atoms with Gasteiger partial charge in [0.1, 0.15) is 6.29 Å². The molecule has 0 amide bonds. The van der Waals surface area contributed by atoms with Crippen molar-refractivity contribution < 1.29 is 4.79 Å². The van der Waals surface area contributed by atoms with Crippen molar-refractivity contribution >= 4 is 6.29 Å². The van der Waals surface area contributed by atoms with Crippen LogP contribution in [0.5, 0.6) is 0 Å².